The van der Waals surface area contributed by atoms with E-state index in [4.69, 9.17) is 5.11 Å². The van der Waals surface area contributed by atoms with Gasteiger partial charge in [0.15, 0.2) is 9.84 Å². The van der Waals surface area contributed by atoms with Gasteiger partial charge in [0.2, 0.25) is 11.8 Å². The second-order valence-electron chi connectivity index (χ2n) is 5.95. The maximum absolute atomic E-state index is 11.9. The van der Waals surface area contributed by atoms with Crippen LogP contribution in [0.2, 0.25) is 0 Å². The summed E-state index contributed by atoms with van der Waals surface area (Å²) in [6, 6.07) is 3.43. The van der Waals surface area contributed by atoms with Crippen LogP contribution in [0.5, 0.6) is 0 Å². The lowest BCUT2D eigenvalue weighted by atomic mass is 10.2. The Kier molecular flexibility index (Phi) is 7.10. The standard InChI is InChI=1S/C16H22N2O6S/c1-10(2)17-14(19)5-4-6-15(20)18-12-7-11(16(21)22)8-13(9-12)25(3,23)24/h7-10H,4-6H2,1-3H3,(H,17,19)(H,18,20)(H,21,22). The Balaban J connectivity index is 2.75. The molecule has 0 atom stereocenters. The highest BCUT2D eigenvalue weighted by atomic mass is 32.2. The smallest absolute Gasteiger partial charge is 0.335 e. The molecule has 0 bridgehead atoms. The van der Waals surface area contributed by atoms with Gasteiger partial charge in [0, 0.05) is 30.8 Å². The minimum atomic E-state index is -3.62. The van der Waals surface area contributed by atoms with E-state index in [2.05, 4.69) is 10.6 Å². The maximum Gasteiger partial charge on any atom is 0.335 e. The molecule has 1 aromatic carbocycles. The lowest BCUT2D eigenvalue weighted by molar-refractivity contribution is -0.121. The number of nitrogens with one attached hydrogen (secondary N) is 2. The molecule has 0 heterocycles. The van der Waals surface area contributed by atoms with Crippen LogP contribution in [-0.4, -0.2) is 43.6 Å². The van der Waals surface area contributed by atoms with E-state index < -0.39 is 21.7 Å². The molecule has 0 spiro atoms. The summed E-state index contributed by atoms with van der Waals surface area (Å²) in [5.41, 5.74) is -0.161. The summed E-state index contributed by atoms with van der Waals surface area (Å²) in [7, 11) is -3.62. The molecular weight excluding hydrogens is 348 g/mol. The molecule has 0 aliphatic heterocycles. The summed E-state index contributed by atoms with van der Waals surface area (Å²) in [5.74, 6) is -1.89. The zero-order valence-corrected chi connectivity index (χ0v) is 15.1. The first-order valence-electron chi connectivity index (χ1n) is 7.66. The highest BCUT2D eigenvalue weighted by molar-refractivity contribution is 7.90. The first kappa shape index (κ1) is 20.6. The average molecular weight is 370 g/mol. The summed E-state index contributed by atoms with van der Waals surface area (Å²) >= 11 is 0. The minimum Gasteiger partial charge on any atom is -0.478 e. The molecule has 0 saturated carbocycles. The molecule has 0 aliphatic rings. The molecule has 2 amide bonds. The van der Waals surface area contributed by atoms with Crippen LogP contribution in [0, 0.1) is 0 Å². The van der Waals surface area contributed by atoms with Gasteiger partial charge in [-0.05, 0) is 38.5 Å². The first-order valence-corrected chi connectivity index (χ1v) is 9.56. The molecule has 138 valence electrons. The van der Waals surface area contributed by atoms with Crippen molar-refractivity contribution in [3.63, 3.8) is 0 Å². The number of carbonyl (C=O) groups is 3. The number of hydrogen-bond donors (Lipinski definition) is 3. The van der Waals surface area contributed by atoms with Crippen LogP contribution in [0.15, 0.2) is 23.1 Å². The summed E-state index contributed by atoms with van der Waals surface area (Å²) < 4.78 is 23.3. The number of sulfone groups is 1. The lowest BCUT2D eigenvalue weighted by Crippen LogP contribution is -2.30. The Bertz CT molecular complexity index is 771. The third kappa shape index (κ3) is 7.34. The molecule has 0 saturated heterocycles. The molecule has 9 heteroatoms. The Morgan fingerprint density at radius 3 is 2.20 bits per heavy atom. The Hall–Kier alpha value is -2.42. The van der Waals surface area contributed by atoms with Gasteiger partial charge in [-0.2, -0.15) is 0 Å². The number of aromatic carboxylic acids is 1. The molecular formula is C16H22N2O6S. The molecule has 25 heavy (non-hydrogen) atoms. The van der Waals surface area contributed by atoms with Crippen LogP contribution in [-0.2, 0) is 19.4 Å². The summed E-state index contributed by atoms with van der Waals surface area (Å²) in [6.45, 7) is 3.67. The van der Waals surface area contributed by atoms with Gasteiger partial charge in [-0.3, -0.25) is 9.59 Å². The zero-order valence-electron chi connectivity index (χ0n) is 14.3. The van der Waals surface area contributed by atoms with Gasteiger partial charge >= 0.3 is 5.97 Å². The van der Waals surface area contributed by atoms with Gasteiger partial charge in [0.1, 0.15) is 0 Å². The largest absolute Gasteiger partial charge is 0.478 e. The van der Waals surface area contributed by atoms with Crippen molar-refractivity contribution in [2.45, 2.75) is 44.0 Å². The number of carbonyl (C=O) groups excluding carboxylic acids is 2. The molecule has 3 N–H and O–H groups in total. The third-order valence-corrected chi connectivity index (χ3v) is 4.21. The zero-order chi connectivity index (χ0) is 19.2. The normalized spacial score (nSPS) is 11.2. The van der Waals surface area contributed by atoms with Crippen LogP contribution in [0.1, 0.15) is 43.5 Å². The monoisotopic (exact) mass is 370 g/mol. The number of benzene rings is 1. The number of carboxylic acid groups (broad SMARTS) is 1. The summed E-state index contributed by atoms with van der Waals surface area (Å²) in [6.07, 6.45) is 1.52. The quantitative estimate of drug-likeness (QED) is 0.634. The van der Waals surface area contributed by atoms with E-state index in [0.29, 0.717) is 6.42 Å². The predicted molar refractivity (Wildman–Crippen MR) is 92.3 cm³/mol. The highest BCUT2D eigenvalue weighted by Gasteiger charge is 2.15. The van der Waals surface area contributed by atoms with E-state index >= 15 is 0 Å². The third-order valence-electron chi connectivity index (χ3n) is 3.12. The van der Waals surface area contributed by atoms with Gasteiger partial charge in [-0.15, -0.1) is 0 Å². The van der Waals surface area contributed by atoms with Gasteiger partial charge in [-0.1, -0.05) is 0 Å². The number of amides is 2. The molecule has 8 nitrogen and oxygen atoms in total. The van der Waals surface area contributed by atoms with E-state index in [1.807, 2.05) is 13.8 Å². The molecule has 0 aliphatic carbocycles. The first-order chi connectivity index (χ1) is 11.5. The van der Waals surface area contributed by atoms with Crippen LogP contribution in [0.4, 0.5) is 5.69 Å². The van der Waals surface area contributed by atoms with E-state index in [0.717, 1.165) is 12.3 Å². The van der Waals surface area contributed by atoms with Crippen LogP contribution in [0.25, 0.3) is 0 Å². The number of carboxylic acids is 1. The number of anilines is 1. The second kappa shape index (κ2) is 8.61. The van der Waals surface area contributed by atoms with Crippen molar-refractivity contribution in [1.29, 1.82) is 0 Å². The fourth-order valence-corrected chi connectivity index (χ4v) is 2.72. The van der Waals surface area contributed by atoms with Gasteiger partial charge < -0.3 is 15.7 Å². The lowest BCUT2D eigenvalue weighted by Gasteiger charge is -2.10. The molecule has 0 aromatic heterocycles. The number of hydrogen-bond acceptors (Lipinski definition) is 5. The predicted octanol–water partition coefficient (Wildman–Crippen LogP) is 1.42. The van der Waals surface area contributed by atoms with Gasteiger partial charge in [0.25, 0.3) is 0 Å². The van der Waals surface area contributed by atoms with Crippen molar-refractivity contribution < 1.29 is 27.9 Å². The molecule has 0 unspecified atom stereocenters. The van der Waals surface area contributed by atoms with Gasteiger partial charge in [0.05, 0.1) is 10.5 Å². The highest BCUT2D eigenvalue weighted by Crippen LogP contribution is 2.19. The number of rotatable bonds is 8. The Morgan fingerprint density at radius 1 is 1.08 bits per heavy atom. The van der Waals surface area contributed by atoms with E-state index in [1.165, 1.54) is 12.1 Å². The van der Waals surface area contributed by atoms with Crippen molar-refractivity contribution >= 4 is 33.3 Å². The van der Waals surface area contributed by atoms with Crippen molar-refractivity contribution in [2.24, 2.45) is 0 Å². The maximum atomic E-state index is 11.9. The molecule has 1 aromatic rings. The Morgan fingerprint density at radius 2 is 1.68 bits per heavy atom. The summed E-state index contributed by atoms with van der Waals surface area (Å²) in [4.78, 5) is 34.3. The van der Waals surface area contributed by atoms with Gasteiger partial charge in [-0.25, -0.2) is 13.2 Å². The topological polar surface area (TPSA) is 130 Å². The molecule has 0 radical (unpaired) electrons. The van der Waals surface area contributed by atoms with Crippen LogP contribution < -0.4 is 10.6 Å². The molecule has 0 fully saturated rings. The van der Waals surface area contributed by atoms with Crippen molar-refractivity contribution in [2.75, 3.05) is 11.6 Å². The van der Waals surface area contributed by atoms with Crippen LogP contribution in [0.3, 0.4) is 0 Å². The van der Waals surface area contributed by atoms with Crippen molar-refractivity contribution in [3.05, 3.63) is 23.8 Å². The van der Waals surface area contributed by atoms with E-state index in [-0.39, 0.29) is 40.9 Å². The SMILES string of the molecule is CC(C)NC(=O)CCCC(=O)Nc1cc(C(=O)O)cc(S(C)(=O)=O)c1. The van der Waals surface area contributed by atoms with E-state index in [9.17, 15) is 22.8 Å². The van der Waals surface area contributed by atoms with E-state index in [1.54, 1.807) is 0 Å². The Labute approximate surface area is 146 Å². The molecule has 1 rings (SSSR count). The summed E-state index contributed by atoms with van der Waals surface area (Å²) in [5, 5.41) is 14.2. The second-order valence-corrected chi connectivity index (χ2v) is 7.96. The van der Waals surface area contributed by atoms with Crippen molar-refractivity contribution in [3.8, 4) is 0 Å². The average Bonchev–Trinajstić information content (AvgIpc) is 2.44. The van der Waals surface area contributed by atoms with Crippen LogP contribution >= 0.6 is 0 Å². The fourth-order valence-electron chi connectivity index (χ4n) is 2.04. The fraction of sp³-hybridized carbons (Fsp3) is 0.438. The van der Waals surface area contributed by atoms with Crippen molar-refractivity contribution in [1.82, 2.24) is 5.32 Å². The minimum absolute atomic E-state index is 0.0227.